The molecule has 0 saturated carbocycles. The Morgan fingerprint density at radius 3 is 2.70 bits per heavy atom. The van der Waals surface area contributed by atoms with Crippen molar-refractivity contribution < 1.29 is 9.57 Å². The molecule has 1 aromatic carbocycles. The standard InChI is InChI=1S/C25H36N2O3/c1-3-4-5-6-7-8-9-13-23-21(2)25(28)22-12-10-11-14-24(22)27(23)30-20-17-26-15-18-29-19-16-26/h8-12,14H,3-7,13,15-20H2,1-2H3/b9-8+. The van der Waals surface area contributed by atoms with Crippen LogP contribution in [0.2, 0.25) is 0 Å². The van der Waals surface area contributed by atoms with Gasteiger partial charge in [-0.15, -0.1) is 0 Å². The zero-order chi connectivity index (χ0) is 21.2. The lowest BCUT2D eigenvalue weighted by Gasteiger charge is -2.27. The van der Waals surface area contributed by atoms with Crippen LogP contribution in [0.15, 0.2) is 41.2 Å². The van der Waals surface area contributed by atoms with Crippen LogP contribution >= 0.6 is 0 Å². The highest BCUT2D eigenvalue weighted by molar-refractivity contribution is 5.79. The van der Waals surface area contributed by atoms with E-state index in [0.717, 1.165) is 56.0 Å². The molecular formula is C25H36N2O3. The van der Waals surface area contributed by atoms with Gasteiger partial charge in [0.15, 0.2) is 5.43 Å². The quantitative estimate of drug-likeness (QED) is 0.411. The molecule has 2 aromatic rings. The maximum Gasteiger partial charge on any atom is 0.192 e. The number of hydrogen-bond donors (Lipinski definition) is 0. The summed E-state index contributed by atoms with van der Waals surface area (Å²) >= 11 is 0. The average Bonchev–Trinajstić information content (AvgIpc) is 2.78. The maximum atomic E-state index is 12.9. The van der Waals surface area contributed by atoms with Gasteiger partial charge in [-0.05, 0) is 31.9 Å². The Hall–Kier alpha value is -2.11. The SMILES string of the molecule is CCCCCC/C=C/Cc1c(C)c(=O)c2ccccc2n1OCCN1CCOCC1. The summed E-state index contributed by atoms with van der Waals surface area (Å²) < 4.78 is 7.32. The summed E-state index contributed by atoms with van der Waals surface area (Å²) in [5.74, 6) is 0. The van der Waals surface area contributed by atoms with Gasteiger partial charge in [0.25, 0.3) is 0 Å². The second kappa shape index (κ2) is 11.9. The molecule has 0 aliphatic carbocycles. The summed E-state index contributed by atoms with van der Waals surface area (Å²) in [6.45, 7) is 9.05. The fourth-order valence-corrected chi connectivity index (χ4v) is 3.94. The Balaban J connectivity index is 1.75. The summed E-state index contributed by atoms with van der Waals surface area (Å²) in [7, 11) is 0. The Morgan fingerprint density at radius 2 is 1.90 bits per heavy atom. The van der Waals surface area contributed by atoms with Crippen LogP contribution in [0, 0.1) is 6.92 Å². The monoisotopic (exact) mass is 412 g/mol. The van der Waals surface area contributed by atoms with Crippen molar-refractivity contribution in [2.45, 2.75) is 52.4 Å². The first-order valence-corrected chi connectivity index (χ1v) is 11.4. The normalized spacial score (nSPS) is 15.3. The molecule has 0 unspecified atom stereocenters. The maximum absolute atomic E-state index is 12.9. The number of nitrogens with zero attached hydrogens (tertiary/aromatic N) is 2. The number of hydrogen-bond acceptors (Lipinski definition) is 4. The molecule has 1 aliphatic heterocycles. The molecule has 0 amide bonds. The fourth-order valence-electron chi connectivity index (χ4n) is 3.94. The predicted octanol–water partition coefficient (Wildman–Crippen LogP) is 4.14. The molecule has 0 radical (unpaired) electrons. The first kappa shape index (κ1) is 22.6. The van der Waals surface area contributed by atoms with Gasteiger partial charge in [0.05, 0.1) is 24.4 Å². The van der Waals surface area contributed by atoms with Crippen molar-refractivity contribution in [3.63, 3.8) is 0 Å². The lowest BCUT2D eigenvalue weighted by atomic mass is 10.1. The number of allylic oxidation sites excluding steroid dienone is 2. The van der Waals surface area contributed by atoms with E-state index in [1.54, 1.807) is 0 Å². The van der Waals surface area contributed by atoms with Crippen LogP contribution < -0.4 is 10.3 Å². The molecule has 164 valence electrons. The number of aromatic nitrogens is 1. The molecule has 3 rings (SSSR count). The van der Waals surface area contributed by atoms with Gasteiger partial charge in [-0.2, -0.15) is 4.73 Å². The smallest absolute Gasteiger partial charge is 0.192 e. The minimum Gasteiger partial charge on any atom is -0.412 e. The average molecular weight is 413 g/mol. The minimum atomic E-state index is 0.102. The molecule has 1 aliphatic rings. The van der Waals surface area contributed by atoms with Gasteiger partial charge in [-0.3, -0.25) is 9.69 Å². The van der Waals surface area contributed by atoms with Crippen molar-refractivity contribution in [3.05, 3.63) is 57.9 Å². The first-order valence-electron chi connectivity index (χ1n) is 11.4. The summed E-state index contributed by atoms with van der Waals surface area (Å²) in [5.41, 5.74) is 2.67. The summed E-state index contributed by atoms with van der Waals surface area (Å²) in [4.78, 5) is 21.5. The third kappa shape index (κ3) is 5.96. The highest BCUT2D eigenvalue weighted by Gasteiger charge is 2.15. The van der Waals surface area contributed by atoms with E-state index in [0.29, 0.717) is 18.4 Å². The van der Waals surface area contributed by atoms with Gasteiger partial charge < -0.3 is 9.57 Å². The fraction of sp³-hybridized carbons (Fsp3) is 0.560. The van der Waals surface area contributed by atoms with Crippen LogP contribution in [0.1, 0.15) is 50.3 Å². The first-order chi connectivity index (χ1) is 14.7. The largest absolute Gasteiger partial charge is 0.412 e. The molecular weight excluding hydrogens is 376 g/mol. The lowest BCUT2D eigenvalue weighted by Crippen LogP contribution is -2.39. The van der Waals surface area contributed by atoms with E-state index >= 15 is 0 Å². The van der Waals surface area contributed by atoms with E-state index in [4.69, 9.17) is 9.57 Å². The lowest BCUT2D eigenvalue weighted by molar-refractivity contribution is 0.0181. The Kier molecular flexibility index (Phi) is 8.97. The third-order valence-electron chi connectivity index (χ3n) is 5.82. The van der Waals surface area contributed by atoms with Gasteiger partial charge in [0, 0.05) is 37.0 Å². The molecule has 2 heterocycles. The van der Waals surface area contributed by atoms with Crippen molar-refractivity contribution in [2.75, 3.05) is 39.5 Å². The van der Waals surface area contributed by atoms with E-state index in [1.165, 1.54) is 25.7 Å². The van der Waals surface area contributed by atoms with E-state index in [-0.39, 0.29) is 5.43 Å². The molecule has 5 heteroatoms. The highest BCUT2D eigenvalue weighted by atomic mass is 16.7. The van der Waals surface area contributed by atoms with Gasteiger partial charge in [0.2, 0.25) is 0 Å². The number of ether oxygens (including phenoxy) is 1. The zero-order valence-electron chi connectivity index (χ0n) is 18.6. The van der Waals surface area contributed by atoms with Crippen LogP contribution in [-0.4, -0.2) is 49.1 Å². The topological polar surface area (TPSA) is 43.7 Å². The molecule has 0 spiro atoms. The third-order valence-corrected chi connectivity index (χ3v) is 5.82. The van der Waals surface area contributed by atoms with Gasteiger partial charge >= 0.3 is 0 Å². The summed E-state index contributed by atoms with van der Waals surface area (Å²) in [6, 6.07) is 7.74. The molecule has 1 saturated heterocycles. The molecule has 0 bridgehead atoms. The van der Waals surface area contributed by atoms with Crippen molar-refractivity contribution in [2.24, 2.45) is 0 Å². The summed E-state index contributed by atoms with van der Waals surface area (Å²) in [5, 5.41) is 0.716. The summed E-state index contributed by atoms with van der Waals surface area (Å²) in [6.07, 6.45) is 11.3. The molecule has 1 fully saturated rings. The van der Waals surface area contributed by atoms with Gasteiger partial charge in [-0.1, -0.05) is 50.5 Å². The molecule has 1 aromatic heterocycles. The Labute approximate surface area is 180 Å². The van der Waals surface area contributed by atoms with Crippen LogP contribution in [0.5, 0.6) is 0 Å². The minimum absolute atomic E-state index is 0.102. The number of pyridine rings is 1. The van der Waals surface area contributed by atoms with E-state index in [9.17, 15) is 4.79 Å². The van der Waals surface area contributed by atoms with Gasteiger partial charge in [0.1, 0.15) is 6.61 Å². The van der Waals surface area contributed by atoms with Crippen LogP contribution in [0.25, 0.3) is 10.9 Å². The van der Waals surface area contributed by atoms with E-state index < -0.39 is 0 Å². The van der Waals surface area contributed by atoms with Crippen molar-refractivity contribution in [1.82, 2.24) is 9.63 Å². The van der Waals surface area contributed by atoms with Crippen LogP contribution in [0.4, 0.5) is 0 Å². The number of fused-ring (bicyclic) bond motifs is 1. The van der Waals surface area contributed by atoms with Crippen molar-refractivity contribution in [1.29, 1.82) is 0 Å². The number of morpholine rings is 1. The van der Waals surface area contributed by atoms with Crippen LogP contribution in [0.3, 0.4) is 0 Å². The van der Waals surface area contributed by atoms with Crippen LogP contribution in [-0.2, 0) is 11.2 Å². The zero-order valence-corrected chi connectivity index (χ0v) is 18.6. The molecule has 5 nitrogen and oxygen atoms in total. The molecule has 0 N–H and O–H groups in total. The number of rotatable bonds is 11. The van der Waals surface area contributed by atoms with Crippen molar-refractivity contribution in [3.8, 4) is 0 Å². The molecule has 0 atom stereocenters. The van der Waals surface area contributed by atoms with E-state index in [1.807, 2.05) is 35.9 Å². The number of unbranched alkanes of at least 4 members (excludes halogenated alkanes) is 4. The number of benzene rings is 1. The Bertz CT molecular complexity index is 882. The second-order valence-electron chi connectivity index (χ2n) is 8.02. The Morgan fingerprint density at radius 1 is 1.10 bits per heavy atom. The molecule has 30 heavy (non-hydrogen) atoms. The predicted molar refractivity (Wildman–Crippen MR) is 123 cm³/mol. The van der Waals surface area contributed by atoms with Gasteiger partial charge in [-0.25, -0.2) is 0 Å². The van der Waals surface area contributed by atoms with Crippen molar-refractivity contribution >= 4 is 10.9 Å². The van der Waals surface area contributed by atoms with E-state index in [2.05, 4.69) is 24.0 Å². The number of para-hydroxylation sites is 1. The highest BCUT2D eigenvalue weighted by Crippen LogP contribution is 2.16. The second-order valence-corrected chi connectivity index (χ2v) is 8.02.